The van der Waals surface area contributed by atoms with Crippen molar-refractivity contribution in [3.63, 3.8) is 0 Å². The molecule has 0 bridgehead atoms. The second kappa shape index (κ2) is 3.51. The zero-order chi connectivity index (χ0) is 8.60. The predicted molar refractivity (Wildman–Crippen MR) is 48.2 cm³/mol. The van der Waals surface area contributed by atoms with E-state index in [1.54, 1.807) is 0 Å². The number of oxime groups is 1. The van der Waals surface area contributed by atoms with Crippen LogP contribution in [-0.2, 0) is 9.63 Å². The van der Waals surface area contributed by atoms with Gasteiger partial charge in [-0.2, -0.15) is 0 Å². The van der Waals surface area contributed by atoms with Crippen LogP contribution >= 0.6 is 12.4 Å². The van der Waals surface area contributed by atoms with Crippen LogP contribution in [0.3, 0.4) is 0 Å². The van der Waals surface area contributed by atoms with Crippen molar-refractivity contribution in [3.05, 3.63) is 0 Å². The maximum Gasteiger partial charge on any atom is 0.353 e. The lowest BCUT2D eigenvalue weighted by molar-refractivity contribution is -0.129. The summed E-state index contributed by atoms with van der Waals surface area (Å²) in [7, 11) is 0. The number of nitrogens with one attached hydrogen (secondary N) is 1. The maximum absolute atomic E-state index is 10.5. The molecule has 0 saturated carbocycles. The molecule has 1 fully saturated rings. The fraction of sp³-hybridized carbons (Fsp3) is 0.714. The van der Waals surface area contributed by atoms with Crippen LogP contribution in [-0.4, -0.2) is 35.5 Å². The summed E-state index contributed by atoms with van der Waals surface area (Å²) in [5.74, 6) is -0.973. The van der Waals surface area contributed by atoms with E-state index in [0.717, 1.165) is 13.0 Å². The number of rotatable bonds is 1. The van der Waals surface area contributed by atoms with Gasteiger partial charge in [-0.05, 0) is 6.54 Å². The van der Waals surface area contributed by atoms with Crippen molar-refractivity contribution in [2.45, 2.75) is 18.4 Å². The van der Waals surface area contributed by atoms with Crippen LogP contribution in [0.2, 0.25) is 0 Å². The van der Waals surface area contributed by atoms with Crippen molar-refractivity contribution in [2.24, 2.45) is 5.16 Å². The molecule has 1 saturated heterocycles. The summed E-state index contributed by atoms with van der Waals surface area (Å²) >= 11 is 0. The van der Waals surface area contributed by atoms with Crippen molar-refractivity contribution in [2.75, 3.05) is 13.1 Å². The highest BCUT2D eigenvalue weighted by molar-refractivity contribution is 6.36. The second-order valence-corrected chi connectivity index (χ2v) is 3.22. The third-order valence-electron chi connectivity index (χ3n) is 2.29. The third kappa shape index (κ3) is 1.76. The van der Waals surface area contributed by atoms with Crippen LogP contribution in [0.25, 0.3) is 0 Å². The van der Waals surface area contributed by atoms with Crippen molar-refractivity contribution in [3.8, 4) is 0 Å². The molecule has 13 heavy (non-hydrogen) atoms. The number of aliphatic carboxylic acids is 1. The predicted octanol–water partition coefficient (Wildman–Crippen LogP) is 0.00120. The number of halogens is 1. The van der Waals surface area contributed by atoms with Gasteiger partial charge in [0, 0.05) is 19.4 Å². The molecule has 1 unspecified atom stereocenters. The van der Waals surface area contributed by atoms with Gasteiger partial charge in [0.25, 0.3) is 0 Å². The van der Waals surface area contributed by atoms with Crippen molar-refractivity contribution >= 4 is 24.1 Å². The van der Waals surface area contributed by atoms with Crippen LogP contribution in [0.5, 0.6) is 0 Å². The number of carboxylic acids is 1. The normalized spacial score (nSPS) is 30.9. The quantitative estimate of drug-likeness (QED) is 0.634. The Hall–Kier alpha value is -0.810. The average Bonchev–Trinajstić information content (AvgIpc) is 2.62. The summed E-state index contributed by atoms with van der Waals surface area (Å²) in [5.41, 5.74) is -0.216. The molecule has 2 aliphatic rings. The van der Waals surface area contributed by atoms with E-state index in [4.69, 9.17) is 9.94 Å². The molecule has 1 atom stereocenters. The Balaban J connectivity index is 0.000000845. The molecule has 0 amide bonds. The van der Waals surface area contributed by atoms with Gasteiger partial charge in [0.05, 0.1) is 0 Å². The lowest BCUT2D eigenvalue weighted by atomic mass is 9.97. The number of nitrogens with zero attached hydrogens (tertiary/aromatic N) is 1. The standard InChI is InChI=1S/C7H10N2O3.ClH/c10-6(11)5-3-7(12-9-5)1-2-8-4-7;/h8H,1-4H2,(H,10,11);1H. The van der Waals surface area contributed by atoms with E-state index < -0.39 is 5.97 Å². The first-order chi connectivity index (χ1) is 5.72. The molecule has 0 aromatic heterocycles. The Labute approximate surface area is 81.5 Å². The van der Waals surface area contributed by atoms with Crippen molar-refractivity contribution in [1.82, 2.24) is 5.32 Å². The van der Waals surface area contributed by atoms with Gasteiger partial charge < -0.3 is 15.3 Å². The highest BCUT2D eigenvalue weighted by Gasteiger charge is 2.43. The minimum atomic E-state index is -0.973. The highest BCUT2D eigenvalue weighted by atomic mass is 35.5. The van der Waals surface area contributed by atoms with Crippen LogP contribution in [0.15, 0.2) is 5.16 Å². The molecular weight excluding hydrogens is 196 g/mol. The summed E-state index contributed by atoms with van der Waals surface area (Å²) in [6.45, 7) is 1.58. The minimum Gasteiger partial charge on any atom is -0.477 e. The largest absolute Gasteiger partial charge is 0.477 e. The van der Waals surface area contributed by atoms with Crippen LogP contribution in [0.1, 0.15) is 12.8 Å². The second-order valence-electron chi connectivity index (χ2n) is 3.22. The van der Waals surface area contributed by atoms with E-state index in [0.29, 0.717) is 13.0 Å². The van der Waals surface area contributed by atoms with Gasteiger partial charge >= 0.3 is 5.97 Å². The van der Waals surface area contributed by atoms with E-state index in [9.17, 15) is 4.79 Å². The van der Waals surface area contributed by atoms with Gasteiger partial charge in [-0.15, -0.1) is 12.4 Å². The van der Waals surface area contributed by atoms with Gasteiger partial charge in [0.2, 0.25) is 0 Å². The van der Waals surface area contributed by atoms with Crippen molar-refractivity contribution in [1.29, 1.82) is 0 Å². The van der Waals surface area contributed by atoms with Gasteiger partial charge in [-0.3, -0.25) is 0 Å². The monoisotopic (exact) mass is 206 g/mol. The van der Waals surface area contributed by atoms with Crippen LogP contribution < -0.4 is 5.32 Å². The van der Waals surface area contributed by atoms with Gasteiger partial charge in [0.15, 0.2) is 11.3 Å². The first-order valence-electron chi connectivity index (χ1n) is 3.91. The Bertz CT molecular complexity index is 248. The zero-order valence-corrected chi connectivity index (χ0v) is 7.76. The van der Waals surface area contributed by atoms with Gasteiger partial charge in [-0.1, -0.05) is 5.16 Å². The Kier molecular flexibility index (Phi) is 2.77. The molecule has 0 aromatic carbocycles. The minimum absolute atomic E-state index is 0. The summed E-state index contributed by atoms with van der Waals surface area (Å²) in [4.78, 5) is 15.6. The molecule has 0 aromatic rings. The summed E-state index contributed by atoms with van der Waals surface area (Å²) in [6.07, 6.45) is 1.27. The van der Waals surface area contributed by atoms with E-state index in [-0.39, 0.29) is 23.7 Å². The Morgan fingerprint density at radius 1 is 1.69 bits per heavy atom. The SMILES string of the molecule is Cl.O=C(O)C1=NOC2(CCNC2)C1. The number of hydrogen-bond donors (Lipinski definition) is 2. The number of hydrogen-bond acceptors (Lipinski definition) is 4. The maximum atomic E-state index is 10.5. The molecule has 0 aliphatic carbocycles. The molecule has 2 heterocycles. The molecule has 6 heteroatoms. The topological polar surface area (TPSA) is 70.9 Å². The smallest absolute Gasteiger partial charge is 0.353 e. The van der Waals surface area contributed by atoms with Crippen LogP contribution in [0.4, 0.5) is 0 Å². The van der Waals surface area contributed by atoms with Gasteiger partial charge in [0.1, 0.15) is 0 Å². The molecule has 0 radical (unpaired) electrons. The van der Waals surface area contributed by atoms with Crippen molar-refractivity contribution < 1.29 is 14.7 Å². The first kappa shape index (κ1) is 10.3. The lowest BCUT2D eigenvalue weighted by Crippen LogP contribution is -2.32. The molecule has 2 aliphatic heterocycles. The number of carbonyl (C=O) groups is 1. The molecule has 2 N–H and O–H groups in total. The van der Waals surface area contributed by atoms with Gasteiger partial charge in [-0.25, -0.2) is 4.79 Å². The Morgan fingerprint density at radius 3 is 2.92 bits per heavy atom. The van der Waals surface area contributed by atoms with Crippen LogP contribution in [0, 0.1) is 0 Å². The third-order valence-corrected chi connectivity index (χ3v) is 2.29. The fourth-order valence-electron chi connectivity index (χ4n) is 1.59. The molecule has 1 spiro atoms. The average molecular weight is 207 g/mol. The van der Waals surface area contributed by atoms with E-state index in [1.165, 1.54) is 0 Å². The van der Waals surface area contributed by atoms with E-state index in [2.05, 4.69) is 10.5 Å². The van der Waals surface area contributed by atoms with E-state index >= 15 is 0 Å². The lowest BCUT2D eigenvalue weighted by Gasteiger charge is -2.17. The van der Waals surface area contributed by atoms with E-state index in [1.807, 2.05) is 0 Å². The molecular formula is C7H11ClN2O3. The molecule has 5 nitrogen and oxygen atoms in total. The summed E-state index contributed by atoms with van der Waals surface area (Å²) < 4.78 is 0. The Morgan fingerprint density at radius 2 is 2.46 bits per heavy atom. The first-order valence-corrected chi connectivity index (χ1v) is 3.91. The highest BCUT2D eigenvalue weighted by Crippen LogP contribution is 2.29. The summed E-state index contributed by atoms with van der Waals surface area (Å²) in [6, 6.07) is 0. The summed E-state index contributed by atoms with van der Waals surface area (Å²) in [5, 5.41) is 15.3. The fourth-order valence-corrected chi connectivity index (χ4v) is 1.59. The number of carboxylic acid groups (broad SMARTS) is 1. The molecule has 2 rings (SSSR count). The zero-order valence-electron chi connectivity index (χ0n) is 6.95. The molecule has 74 valence electrons.